The first-order valence-electron chi connectivity index (χ1n) is 12.4. The van der Waals surface area contributed by atoms with E-state index < -0.39 is 6.85 Å². The van der Waals surface area contributed by atoms with Crippen molar-refractivity contribution in [3.8, 4) is 11.3 Å². The van der Waals surface area contributed by atoms with E-state index in [1.54, 1.807) is 18.2 Å². The monoisotopic (exact) mass is 632 g/mol. The Bertz CT molecular complexity index is 1860. The van der Waals surface area contributed by atoms with Crippen molar-refractivity contribution in [1.82, 2.24) is 9.97 Å². The third-order valence-corrected chi connectivity index (χ3v) is 5.73. The Hall–Kier alpha value is -3.85. The van der Waals surface area contributed by atoms with E-state index in [1.165, 1.54) is 6.20 Å². The molecule has 7 aromatic rings. The Labute approximate surface area is 221 Å². The number of rotatable bonds is 1. The molecule has 0 saturated heterocycles. The van der Waals surface area contributed by atoms with Gasteiger partial charge in [0, 0.05) is 36.6 Å². The number of fused-ring (bicyclic) bond motifs is 6. The Balaban J connectivity index is 0.000000157. The van der Waals surface area contributed by atoms with E-state index in [0.29, 0.717) is 0 Å². The van der Waals surface area contributed by atoms with Gasteiger partial charge in [-0.3, -0.25) is 0 Å². The molecule has 0 aliphatic heterocycles. The first-order chi connectivity index (χ1) is 18.0. The molecule has 0 N–H and O–H groups in total. The summed E-state index contributed by atoms with van der Waals surface area (Å²) in [6.07, 6.45) is 3.21. The molecule has 0 spiro atoms. The van der Waals surface area contributed by atoms with Crippen LogP contribution in [0, 0.1) is 19.0 Å². The molecule has 0 atom stereocenters. The number of hydrogen-bond donors (Lipinski definition) is 0. The van der Waals surface area contributed by atoms with Gasteiger partial charge in [0.2, 0.25) is 0 Å². The maximum absolute atomic E-state index is 7.23. The van der Waals surface area contributed by atoms with Crippen molar-refractivity contribution >= 4 is 43.6 Å². The zero-order chi connectivity index (χ0) is 25.4. The largest absolute Gasteiger partial charge is 0.477 e. The Morgan fingerprint density at radius 3 is 2.54 bits per heavy atom. The molecule has 0 saturated carbocycles. The Morgan fingerprint density at radius 2 is 1.71 bits per heavy atom. The van der Waals surface area contributed by atoms with Gasteiger partial charge in [-0.1, -0.05) is 60.0 Å². The van der Waals surface area contributed by atoms with Crippen LogP contribution >= 0.6 is 0 Å². The van der Waals surface area contributed by atoms with Gasteiger partial charge in [0.25, 0.3) is 0 Å². The van der Waals surface area contributed by atoms with Crippen LogP contribution < -0.4 is 0 Å². The van der Waals surface area contributed by atoms with Gasteiger partial charge >= 0.3 is 0 Å². The molecule has 4 aromatic carbocycles. The molecule has 0 fully saturated rings. The number of nitrogens with zero attached hydrogens (tertiary/aromatic N) is 2. The van der Waals surface area contributed by atoms with Crippen LogP contribution in [-0.2, 0) is 20.1 Å². The van der Waals surface area contributed by atoms with Crippen molar-refractivity contribution in [1.29, 1.82) is 0 Å². The third-order valence-electron chi connectivity index (χ3n) is 5.73. The molecule has 3 aromatic heterocycles. The molecule has 0 bridgehead atoms. The molecule has 0 aliphatic rings. The number of hydrogen-bond acceptors (Lipinski definition) is 3. The van der Waals surface area contributed by atoms with E-state index >= 15 is 0 Å². The van der Waals surface area contributed by atoms with Crippen LogP contribution in [-0.4, -0.2) is 9.97 Å². The van der Waals surface area contributed by atoms with Crippen molar-refractivity contribution < 1.29 is 28.6 Å². The number of furan rings is 1. The fourth-order valence-electron chi connectivity index (χ4n) is 4.09. The number of para-hydroxylation sites is 1. The van der Waals surface area contributed by atoms with Crippen LogP contribution in [0.25, 0.3) is 54.9 Å². The van der Waals surface area contributed by atoms with E-state index in [-0.39, 0.29) is 25.7 Å². The first kappa shape index (κ1) is 19.5. The molecule has 7 rings (SSSR count). The van der Waals surface area contributed by atoms with Crippen LogP contribution in [0.2, 0.25) is 0 Å². The molecule has 35 heavy (non-hydrogen) atoms. The van der Waals surface area contributed by atoms with Crippen molar-refractivity contribution in [3.63, 3.8) is 0 Å². The summed E-state index contributed by atoms with van der Waals surface area (Å²) >= 11 is 0. The van der Waals surface area contributed by atoms with Gasteiger partial charge in [-0.2, -0.15) is 0 Å². The van der Waals surface area contributed by atoms with E-state index in [9.17, 15) is 0 Å². The van der Waals surface area contributed by atoms with E-state index in [1.807, 2.05) is 48.7 Å². The summed E-state index contributed by atoms with van der Waals surface area (Å²) in [5, 5.41) is 5.51. The van der Waals surface area contributed by atoms with Crippen molar-refractivity contribution in [2.75, 3.05) is 0 Å². The zero-order valence-electron chi connectivity index (χ0n) is 21.5. The van der Waals surface area contributed by atoms with Gasteiger partial charge in [-0.15, -0.1) is 52.7 Å². The van der Waals surface area contributed by atoms with Crippen molar-refractivity contribution in [2.24, 2.45) is 0 Å². The molecule has 1 radical (unpaired) electrons. The fourth-order valence-corrected chi connectivity index (χ4v) is 4.09. The summed E-state index contributed by atoms with van der Waals surface area (Å²) in [7, 11) is 0. The van der Waals surface area contributed by atoms with Crippen LogP contribution in [0.1, 0.15) is 9.68 Å². The number of benzene rings is 4. The quantitative estimate of drug-likeness (QED) is 0.136. The van der Waals surface area contributed by atoms with Gasteiger partial charge in [0.15, 0.2) is 0 Å². The SMILES string of the molecule is [2H]C([2H])([2H])c1ccc(-c2[c-]cccc2)nc1.[Ir].[c-]1c2oc3ccccc3c2cc2ccc3cccnc3c12. The van der Waals surface area contributed by atoms with Gasteiger partial charge in [0.1, 0.15) is 5.58 Å². The summed E-state index contributed by atoms with van der Waals surface area (Å²) in [4.78, 5) is 8.62. The van der Waals surface area contributed by atoms with E-state index in [4.69, 9.17) is 8.53 Å². The zero-order valence-corrected chi connectivity index (χ0v) is 20.8. The average Bonchev–Trinajstić information content (AvgIpc) is 3.30. The van der Waals surface area contributed by atoms with Gasteiger partial charge in [-0.25, -0.2) is 0 Å². The van der Waals surface area contributed by atoms with Gasteiger partial charge in [0.05, 0.1) is 5.58 Å². The van der Waals surface area contributed by atoms with Gasteiger partial charge in [-0.05, 0) is 46.5 Å². The second kappa shape index (κ2) is 9.79. The first-order valence-corrected chi connectivity index (χ1v) is 10.9. The van der Waals surface area contributed by atoms with Crippen LogP contribution in [0.4, 0.5) is 0 Å². The van der Waals surface area contributed by atoms with Gasteiger partial charge < -0.3 is 14.4 Å². The smallest absolute Gasteiger partial charge is 0.123 e. The molecule has 171 valence electrons. The third kappa shape index (κ3) is 4.46. The molecule has 0 amide bonds. The van der Waals surface area contributed by atoms with Crippen LogP contribution in [0.15, 0.2) is 108 Å². The minimum atomic E-state index is -2.09. The minimum Gasteiger partial charge on any atom is -0.477 e. The summed E-state index contributed by atoms with van der Waals surface area (Å²) in [5.41, 5.74) is 4.51. The second-order valence-electron chi connectivity index (χ2n) is 7.92. The van der Waals surface area contributed by atoms with E-state index in [2.05, 4.69) is 52.4 Å². The maximum Gasteiger partial charge on any atom is 0.123 e. The van der Waals surface area contributed by atoms with Crippen LogP contribution in [0.3, 0.4) is 0 Å². The summed E-state index contributed by atoms with van der Waals surface area (Å²) in [6.45, 7) is -2.09. The Morgan fingerprint density at radius 1 is 0.829 bits per heavy atom. The van der Waals surface area contributed by atoms with E-state index in [0.717, 1.165) is 54.9 Å². The minimum absolute atomic E-state index is 0. The molecule has 0 aliphatic carbocycles. The number of aryl methyl sites for hydroxylation is 1. The second-order valence-corrected chi connectivity index (χ2v) is 7.92. The molecular formula is C31H20IrN2O-2. The summed E-state index contributed by atoms with van der Waals surface area (Å²) in [5.74, 6) is 0. The molecule has 0 unspecified atom stereocenters. The molecular weight excluding hydrogens is 609 g/mol. The predicted molar refractivity (Wildman–Crippen MR) is 139 cm³/mol. The summed E-state index contributed by atoms with van der Waals surface area (Å²) in [6, 6.07) is 35.7. The standard InChI is InChI=1S/C19H10NO.C12H10N.Ir/c1-2-6-17-14(5-1)16-10-13-8-7-12-4-3-9-20-19(12)15(13)11-18(16)21-17;1-10-7-8-12(13-9-10)11-5-3-2-4-6-11;/h1-10H;2-5,7-9H,1H3;/q2*-1;/i;1D3;. The molecule has 3 nitrogen and oxygen atoms in total. The topological polar surface area (TPSA) is 38.9 Å². The fraction of sp³-hybridized carbons (Fsp3) is 0.0323. The van der Waals surface area contributed by atoms with Crippen molar-refractivity contribution in [3.05, 3.63) is 121 Å². The van der Waals surface area contributed by atoms with Crippen molar-refractivity contribution in [2.45, 2.75) is 6.85 Å². The molecule has 3 heterocycles. The van der Waals surface area contributed by atoms with Crippen LogP contribution in [0.5, 0.6) is 0 Å². The predicted octanol–water partition coefficient (Wildman–Crippen LogP) is 7.94. The normalized spacial score (nSPS) is 12.4. The molecule has 4 heteroatoms. The Kier molecular flexibility index (Phi) is 5.44. The number of pyridine rings is 2. The maximum atomic E-state index is 7.23. The number of aromatic nitrogens is 2. The average molecular weight is 632 g/mol. The summed E-state index contributed by atoms with van der Waals surface area (Å²) < 4.78 is 27.6.